The van der Waals surface area contributed by atoms with Crippen LogP contribution in [0, 0.1) is 6.92 Å². The molecule has 0 spiro atoms. The largest absolute Gasteiger partial charge is 0.489 e. The number of ether oxygens (including phenoxy) is 3. The average Bonchev–Trinajstić information content (AvgIpc) is 3.17. The van der Waals surface area contributed by atoms with Gasteiger partial charge in [0.15, 0.2) is 0 Å². The molecule has 7 nitrogen and oxygen atoms in total. The first-order valence-corrected chi connectivity index (χ1v) is 11.3. The van der Waals surface area contributed by atoms with E-state index in [-0.39, 0.29) is 5.56 Å². The van der Waals surface area contributed by atoms with Crippen molar-refractivity contribution in [2.24, 2.45) is 0 Å². The molecule has 0 unspecified atom stereocenters. The fourth-order valence-electron chi connectivity index (χ4n) is 3.75. The molecule has 0 aliphatic heterocycles. The molecule has 1 aromatic heterocycles. The Morgan fingerprint density at radius 2 is 1.63 bits per heavy atom. The Hall–Kier alpha value is -4.13. The van der Waals surface area contributed by atoms with Gasteiger partial charge in [0.1, 0.15) is 29.3 Å². The van der Waals surface area contributed by atoms with Crippen LogP contribution in [0.4, 0.5) is 4.79 Å². The highest BCUT2D eigenvalue weighted by molar-refractivity contribution is 6.05. The molecule has 3 aromatic carbocycles. The van der Waals surface area contributed by atoms with Crippen LogP contribution in [0.2, 0.25) is 0 Å². The van der Waals surface area contributed by atoms with Crippen LogP contribution >= 0.6 is 0 Å². The van der Waals surface area contributed by atoms with E-state index < -0.39 is 17.7 Å². The number of hydrogen-bond donors (Lipinski definition) is 0. The molecule has 0 saturated heterocycles. The van der Waals surface area contributed by atoms with E-state index in [1.807, 2.05) is 60.7 Å². The zero-order valence-electron chi connectivity index (χ0n) is 20.5. The summed E-state index contributed by atoms with van der Waals surface area (Å²) in [6, 6.07) is 21.0. The molecule has 1 heterocycles. The van der Waals surface area contributed by atoms with Gasteiger partial charge in [-0.3, -0.25) is 0 Å². The Labute approximate surface area is 204 Å². The first-order chi connectivity index (χ1) is 16.7. The molecule has 180 valence electrons. The van der Waals surface area contributed by atoms with Gasteiger partial charge in [0.25, 0.3) is 0 Å². The molecule has 35 heavy (non-hydrogen) atoms. The molecule has 7 heteroatoms. The normalized spacial score (nSPS) is 11.3. The lowest BCUT2D eigenvalue weighted by atomic mass is 10.0. The molecule has 0 saturated carbocycles. The minimum atomic E-state index is -0.682. The van der Waals surface area contributed by atoms with Crippen molar-refractivity contribution in [1.29, 1.82) is 0 Å². The number of aryl methyl sites for hydroxylation is 1. The number of rotatable bonds is 5. The Bertz CT molecular complexity index is 1370. The van der Waals surface area contributed by atoms with E-state index in [2.05, 4.69) is 4.98 Å². The van der Waals surface area contributed by atoms with Crippen LogP contribution < -0.4 is 4.74 Å². The van der Waals surface area contributed by atoms with Gasteiger partial charge in [0.05, 0.1) is 18.2 Å². The minimum Gasteiger partial charge on any atom is -0.489 e. The van der Waals surface area contributed by atoms with Gasteiger partial charge in [0.2, 0.25) is 0 Å². The number of esters is 1. The third kappa shape index (κ3) is 5.35. The summed E-state index contributed by atoms with van der Waals surface area (Å²) in [6.07, 6.45) is -0.560. The number of carbonyl (C=O) groups excluding carboxylic acids is 2. The number of aromatic nitrogens is 2. The number of methoxy groups -OCH3 is 1. The second-order valence-corrected chi connectivity index (χ2v) is 9.16. The van der Waals surface area contributed by atoms with Crippen molar-refractivity contribution < 1.29 is 23.8 Å². The predicted octanol–water partition coefficient (Wildman–Crippen LogP) is 6.16. The van der Waals surface area contributed by atoms with Crippen molar-refractivity contribution in [3.05, 3.63) is 83.7 Å². The van der Waals surface area contributed by atoms with Crippen molar-refractivity contribution in [2.75, 3.05) is 7.11 Å². The van der Waals surface area contributed by atoms with Gasteiger partial charge in [-0.15, -0.1) is 0 Å². The smallest absolute Gasteiger partial charge is 0.420 e. The lowest BCUT2D eigenvalue weighted by molar-refractivity contribution is 0.0538. The Morgan fingerprint density at radius 1 is 0.943 bits per heavy atom. The number of carbonyl (C=O) groups is 2. The predicted molar refractivity (Wildman–Crippen MR) is 134 cm³/mol. The Morgan fingerprint density at radius 3 is 2.26 bits per heavy atom. The summed E-state index contributed by atoms with van der Waals surface area (Å²) in [6.45, 7) is 7.56. The fraction of sp³-hybridized carbons (Fsp3) is 0.250. The SMILES string of the molecule is COC(=O)c1cc(-c2ccc(OCc3ccccc3)cc2)cc2c1nc(C)n2C(=O)OC(C)(C)C. The molecular formula is C28H28N2O5. The molecule has 4 aromatic rings. The maximum absolute atomic E-state index is 13.0. The number of nitrogens with zero attached hydrogens (tertiary/aromatic N) is 2. The van der Waals surface area contributed by atoms with Crippen molar-refractivity contribution in [3.8, 4) is 16.9 Å². The topological polar surface area (TPSA) is 79.7 Å². The van der Waals surface area contributed by atoms with Crippen molar-refractivity contribution in [3.63, 3.8) is 0 Å². The van der Waals surface area contributed by atoms with E-state index in [1.165, 1.54) is 11.7 Å². The number of fused-ring (bicyclic) bond motifs is 1. The third-order valence-electron chi connectivity index (χ3n) is 5.35. The summed E-state index contributed by atoms with van der Waals surface area (Å²) in [5.41, 5.74) is 3.10. The van der Waals surface area contributed by atoms with Crippen LogP contribution in [0.15, 0.2) is 66.7 Å². The van der Waals surface area contributed by atoms with E-state index in [0.717, 1.165) is 22.4 Å². The summed E-state index contributed by atoms with van der Waals surface area (Å²) in [7, 11) is 1.32. The first-order valence-electron chi connectivity index (χ1n) is 11.3. The van der Waals surface area contributed by atoms with Gasteiger partial charge in [-0.2, -0.15) is 0 Å². The number of benzene rings is 3. The van der Waals surface area contributed by atoms with E-state index in [1.54, 1.807) is 33.8 Å². The molecule has 0 N–H and O–H groups in total. The lowest BCUT2D eigenvalue weighted by Gasteiger charge is -2.20. The van der Waals surface area contributed by atoms with Crippen LogP contribution in [-0.2, 0) is 16.1 Å². The molecule has 0 radical (unpaired) electrons. The maximum atomic E-state index is 13.0. The third-order valence-corrected chi connectivity index (χ3v) is 5.35. The minimum absolute atomic E-state index is 0.273. The van der Waals surface area contributed by atoms with E-state index >= 15 is 0 Å². The Kier molecular flexibility index (Phi) is 6.60. The Balaban J connectivity index is 1.72. The van der Waals surface area contributed by atoms with Gasteiger partial charge in [-0.05, 0) is 68.7 Å². The van der Waals surface area contributed by atoms with Gasteiger partial charge in [0, 0.05) is 0 Å². The highest BCUT2D eigenvalue weighted by Gasteiger charge is 2.25. The molecule has 0 amide bonds. The molecule has 0 aliphatic carbocycles. The maximum Gasteiger partial charge on any atom is 0.420 e. The second-order valence-electron chi connectivity index (χ2n) is 9.16. The zero-order valence-corrected chi connectivity index (χ0v) is 20.5. The molecule has 0 bridgehead atoms. The van der Waals surface area contributed by atoms with E-state index in [0.29, 0.717) is 23.5 Å². The summed E-state index contributed by atoms with van der Waals surface area (Å²) >= 11 is 0. The van der Waals surface area contributed by atoms with Gasteiger partial charge in [-0.25, -0.2) is 19.1 Å². The lowest BCUT2D eigenvalue weighted by Crippen LogP contribution is -2.27. The number of hydrogen-bond acceptors (Lipinski definition) is 6. The van der Waals surface area contributed by atoms with Crippen molar-refractivity contribution in [1.82, 2.24) is 9.55 Å². The highest BCUT2D eigenvalue weighted by Crippen LogP contribution is 2.31. The quantitative estimate of drug-likeness (QED) is 0.324. The fourth-order valence-corrected chi connectivity index (χ4v) is 3.75. The summed E-state index contributed by atoms with van der Waals surface area (Å²) in [5, 5.41) is 0. The van der Waals surface area contributed by atoms with E-state index in [9.17, 15) is 9.59 Å². The number of imidazole rings is 1. The summed E-state index contributed by atoms with van der Waals surface area (Å²) in [5.74, 6) is 0.608. The molecule has 0 atom stereocenters. The van der Waals surface area contributed by atoms with Gasteiger partial charge < -0.3 is 14.2 Å². The molecule has 4 rings (SSSR count). The van der Waals surface area contributed by atoms with Gasteiger partial charge >= 0.3 is 12.1 Å². The van der Waals surface area contributed by atoms with Crippen molar-refractivity contribution >= 4 is 23.1 Å². The molecular weight excluding hydrogens is 444 g/mol. The average molecular weight is 473 g/mol. The van der Waals surface area contributed by atoms with Crippen LogP contribution in [-0.4, -0.2) is 34.3 Å². The van der Waals surface area contributed by atoms with Crippen LogP contribution in [0.5, 0.6) is 5.75 Å². The monoisotopic (exact) mass is 472 g/mol. The standard InChI is InChI=1S/C28H28N2O5/c1-18-29-25-23(26(31)33-5)15-21(16-24(25)30(18)27(32)35-28(2,3)4)20-11-13-22(14-12-20)34-17-19-9-7-6-8-10-19/h6-16H,17H2,1-5H3. The molecule has 0 fully saturated rings. The molecule has 0 aliphatic rings. The zero-order chi connectivity index (χ0) is 25.2. The first kappa shape index (κ1) is 24.0. The van der Waals surface area contributed by atoms with Crippen molar-refractivity contribution in [2.45, 2.75) is 39.9 Å². The summed E-state index contributed by atoms with van der Waals surface area (Å²) in [4.78, 5) is 30.0. The second kappa shape index (κ2) is 9.62. The van der Waals surface area contributed by atoms with Crippen LogP contribution in [0.3, 0.4) is 0 Å². The van der Waals surface area contributed by atoms with E-state index in [4.69, 9.17) is 14.2 Å². The highest BCUT2D eigenvalue weighted by atomic mass is 16.6. The van der Waals surface area contributed by atoms with Gasteiger partial charge in [-0.1, -0.05) is 42.5 Å². The van der Waals surface area contributed by atoms with Crippen LogP contribution in [0.25, 0.3) is 22.2 Å². The summed E-state index contributed by atoms with van der Waals surface area (Å²) < 4.78 is 17.8. The van der Waals surface area contributed by atoms with Crippen LogP contribution in [0.1, 0.15) is 42.5 Å².